The zero-order valence-electron chi connectivity index (χ0n) is 9.28. The monoisotopic (exact) mass is 205 g/mol. The van der Waals surface area contributed by atoms with Crippen LogP contribution in [0.4, 0.5) is 0 Å². The molecule has 0 saturated carbocycles. The first kappa shape index (κ1) is 11.9. The summed E-state index contributed by atoms with van der Waals surface area (Å²) in [6.07, 6.45) is 3.20. The fourth-order valence-corrected chi connectivity index (χ4v) is 1.52. The maximum Gasteiger partial charge on any atom is 0.149 e. The predicted octanol–water partition coefficient (Wildman–Crippen LogP) is 2.32. The summed E-state index contributed by atoms with van der Waals surface area (Å²) >= 11 is 0. The Bertz CT molecular complexity index is 295. The highest BCUT2D eigenvalue weighted by Crippen LogP contribution is 2.06. The molecular formula is C13H19NO. The zero-order chi connectivity index (χ0) is 11.1. The van der Waals surface area contributed by atoms with Gasteiger partial charge in [0.15, 0.2) is 0 Å². The molecule has 0 bridgehead atoms. The molecule has 1 aromatic rings. The van der Waals surface area contributed by atoms with Gasteiger partial charge in [-0.05, 0) is 24.8 Å². The molecule has 15 heavy (non-hydrogen) atoms. The lowest BCUT2D eigenvalue weighted by Crippen LogP contribution is -2.29. The van der Waals surface area contributed by atoms with Crippen LogP contribution >= 0.6 is 0 Å². The van der Waals surface area contributed by atoms with Gasteiger partial charge in [0.25, 0.3) is 0 Å². The Balaban J connectivity index is 2.25. The molecule has 82 valence electrons. The normalized spacial score (nSPS) is 12.4. The molecule has 0 aliphatic rings. The Morgan fingerprint density at radius 3 is 2.60 bits per heavy atom. The number of nitrogens with two attached hydrogens (primary N) is 1. The summed E-state index contributed by atoms with van der Waals surface area (Å²) in [5.41, 5.74) is 6.93. The van der Waals surface area contributed by atoms with E-state index in [0.29, 0.717) is 6.42 Å². The Morgan fingerprint density at radius 1 is 1.33 bits per heavy atom. The van der Waals surface area contributed by atoms with E-state index in [1.807, 2.05) is 25.1 Å². The molecule has 0 radical (unpaired) electrons. The smallest absolute Gasteiger partial charge is 0.149 e. The molecule has 0 saturated heterocycles. The SMILES string of the molecule is CCC(N)C(=O)CCCc1ccccc1. The van der Waals surface area contributed by atoms with Gasteiger partial charge in [-0.25, -0.2) is 0 Å². The van der Waals surface area contributed by atoms with Crippen molar-refractivity contribution in [2.75, 3.05) is 0 Å². The van der Waals surface area contributed by atoms with Crippen LogP contribution in [0.15, 0.2) is 30.3 Å². The van der Waals surface area contributed by atoms with Gasteiger partial charge < -0.3 is 5.73 Å². The first-order valence-corrected chi connectivity index (χ1v) is 5.56. The van der Waals surface area contributed by atoms with E-state index in [0.717, 1.165) is 19.3 Å². The molecule has 1 atom stereocenters. The Kier molecular flexibility index (Phi) is 5.05. The second kappa shape index (κ2) is 6.36. The van der Waals surface area contributed by atoms with Crippen LogP contribution in [0.1, 0.15) is 31.7 Å². The molecule has 1 unspecified atom stereocenters. The van der Waals surface area contributed by atoms with Gasteiger partial charge in [-0.3, -0.25) is 4.79 Å². The molecule has 0 amide bonds. The maximum atomic E-state index is 11.4. The number of ketones is 1. The van der Waals surface area contributed by atoms with Crippen LogP contribution in [0.25, 0.3) is 0 Å². The number of carbonyl (C=O) groups is 1. The number of hydrogen-bond acceptors (Lipinski definition) is 2. The van der Waals surface area contributed by atoms with E-state index >= 15 is 0 Å². The summed E-state index contributed by atoms with van der Waals surface area (Å²) in [6.45, 7) is 1.94. The van der Waals surface area contributed by atoms with Gasteiger partial charge in [0.2, 0.25) is 0 Å². The topological polar surface area (TPSA) is 43.1 Å². The highest BCUT2D eigenvalue weighted by Gasteiger charge is 2.09. The molecule has 1 rings (SSSR count). The van der Waals surface area contributed by atoms with Gasteiger partial charge in [-0.2, -0.15) is 0 Å². The number of benzene rings is 1. The van der Waals surface area contributed by atoms with Crippen LogP contribution in [-0.4, -0.2) is 11.8 Å². The van der Waals surface area contributed by atoms with Crippen LogP contribution in [0.5, 0.6) is 0 Å². The molecule has 0 aliphatic heterocycles. The fraction of sp³-hybridized carbons (Fsp3) is 0.462. The van der Waals surface area contributed by atoms with Crippen LogP contribution in [0.2, 0.25) is 0 Å². The van der Waals surface area contributed by atoms with Gasteiger partial charge in [0, 0.05) is 6.42 Å². The van der Waals surface area contributed by atoms with Crippen molar-refractivity contribution in [2.45, 2.75) is 38.6 Å². The summed E-state index contributed by atoms with van der Waals surface area (Å²) < 4.78 is 0. The number of rotatable bonds is 6. The lowest BCUT2D eigenvalue weighted by atomic mass is 10.0. The van der Waals surface area contributed by atoms with Crippen molar-refractivity contribution in [1.82, 2.24) is 0 Å². The quantitative estimate of drug-likeness (QED) is 0.774. The number of Topliss-reactive ketones (excluding diaryl/α,β-unsaturated/α-hetero) is 1. The Labute approximate surface area is 91.5 Å². The van der Waals surface area contributed by atoms with Crippen LogP contribution in [-0.2, 0) is 11.2 Å². The third-order valence-corrected chi connectivity index (χ3v) is 2.58. The lowest BCUT2D eigenvalue weighted by Gasteiger charge is -2.06. The third-order valence-electron chi connectivity index (χ3n) is 2.58. The van der Waals surface area contributed by atoms with E-state index in [4.69, 9.17) is 5.73 Å². The van der Waals surface area contributed by atoms with Crippen molar-refractivity contribution in [3.8, 4) is 0 Å². The van der Waals surface area contributed by atoms with E-state index in [9.17, 15) is 4.79 Å². The average Bonchev–Trinajstić information content (AvgIpc) is 2.29. The van der Waals surface area contributed by atoms with Crippen LogP contribution < -0.4 is 5.73 Å². The Hall–Kier alpha value is -1.15. The maximum absolute atomic E-state index is 11.4. The molecule has 0 fully saturated rings. The summed E-state index contributed by atoms with van der Waals surface area (Å²) in [5.74, 6) is 0.188. The van der Waals surface area contributed by atoms with E-state index in [1.54, 1.807) is 0 Å². The van der Waals surface area contributed by atoms with Gasteiger partial charge in [0.05, 0.1) is 6.04 Å². The third kappa shape index (κ3) is 4.26. The van der Waals surface area contributed by atoms with E-state index in [-0.39, 0.29) is 11.8 Å². The molecule has 0 aliphatic carbocycles. The number of hydrogen-bond donors (Lipinski definition) is 1. The average molecular weight is 205 g/mol. The minimum absolute atomic E-state index is 0.188. The van der Waals surface area contributed by atoms with Gasteiger partial charge in [-0.1, -0.05) is 37.3 Å². The molecule has 2 N–H and O–H groups in total. The second-order valence-corrected chi connectivity index (χ2v) is 3.82. The minimum Gasteiger partial charge on any atom is -0.322 e. The summed E-state index contributed by atoms with van der Waals surface area (Å²) in [7, 11) is 0. The highest BCUT2D eigenvalue weighted by molar-refractivity contribution is 5.83. The zero-order valence-corrected chi connectivity index (χ0v) is 9.28. The summed E-state index contributed by atoms with van der Waals surface area (Å²) in [5, 5.41) is 0. The van der Waals surface area contributed by atoms with Crippen LogP contribution in [0.3, 0.4) is 0 Å². The van der Waals surface area contributed by atoms with Crippen molar-refractivity contribution < 1.29 is 4.79 Å². The molecular weight excluding hydrogens is 186 g/mol. The molecule has 0 aromatic heterocycles. The van der Waals surface area contributed by atoms with Crippen LogP contribution in [0, 0.1) is 0 Å². The summed E-state index contributed by atoms with van der Waals surface area (Å²) in [6, 6.07) is 9.96. The van der Waals surface area contributed by atoms with Crippen molar-refractivity contribution in [1.29, 1.82) is 0 Å². The van der Waals surface area contributed by atoms with Crippen molar-refractivity contribution >= 4 is 5.78 Å². The van der Waals surface area contributed by atoms with Crippen molar-refractivity contribution in [3.63, 3.8) is 0 Å². The molecule has 2 nitrogen and oxygen atoms in total. The molecule has 0 spiro atoms. The van der Waals surface area contributed by atoms with Gasteiger partial charge >= 0.3 is 0 Å². The molecule has 1 aromatic carbocycles. The Morgan fingerprint density at radius 2 is 2.00 bits per heavy atom. The predicted molar refractivity (Wildman–Crippen MR) is 62.7 cm³/mol. The van der Waals surface area contributed by atoms with Crippen molar-refractivity contribution in [2.24, 2.45) is 5.73 Å². The lowest BCUT2D eigenvalue weighted by molar-refractivity contribution is -0.120. The first-order chi connectivity index (χ1) is 7.24. The molecule has 0 heterocycles. The van der Waals surface area contributed by atoms with Gasteiger partial charge in [0.1, 0.15) is 5.78 Å². The van der Waals surface area contributed by atoms with E-state index < -0.39 is 0 Å². The second-order valence-electron chi connectivity index (χ2n) is 3.82. The largest absolute Gasteiger partial charge is 0.322 e. The standard InChI is InChI=1S/C13H19NO/c1-2-12(14)13(15)10-6-9-11-7-4-3-5-8-11/h3-5,7-8,12H,2,6,9-10,14H2,1H3. The van der Waals surface area contributed by atoms with E-state index in [2.05, 4.69) is 12.1 Å². The van der Waals surface area contributed by atoms with Gasteiger partial charge in [-0.15, -0.1) is 0 Å². The fourth-order valence-electron chi connectivity index (χ4n) is 1.52. The number of aryl methyl sites for hydroxylation is 1. The summed E-state index contributed by atoms with van der Waals surface area (Å²) in [4.78, 5) is 11.4. The molecule has 2 heteroatoms. The highest BCUT2D eigenvalue weighted by atomic mass is 16.1. The number of carbonyl (C=O) groups excluding carboxylic acids is 1. The van der Waals surface area contributed by atoms with Crippen molar-refractivity contribution in [3.05, 3.63) is 35.9 Å². The van der Waals surface area contributed by atoms with E-state index in [1.165, 1.54) is 5.56 Å². The first-order valence-electron chi connectivity index (χ1n) is 5.56. The minimum atomic E-state index is -0.263.